The number of H-pyrrole nitrogens is 1. The summed E-state index contributed by atoms with van der Waals surface area (Å²) >= 11 is 0. The first kappa shape index (κ1) is 16.2. The molecule has 0 aromatic carbocycles. The van der Waals surface area contributed by atoms with Gasteiger partial charge in [-0.2, -0.15) is 15.2 Å². The van der Waals surface area contributed by atoms with Crippen LogP contribution >= 0.6 is 0 Å². The second kappa shape index (κ2) is 5.77. The first-order valence-corrected chi connectivity index (χ1v) is 8.03. The van der Waals surface area contributed by atoms with Crippen molar-refractivity contribution in [1.29, 1.82) is 0 Å². The Bertz CT molecular complexity index is 926. The predicted octanol–water partition coefficient (Wildman–Crippen LogP) is 1.78. The number of fused-ring (bicyclic) bond motifs is 1. The van der Waals surface area contributed by atoms with E-state index in [1.807, 2.05) is 34.0 Å². The van der Waals surface area contributed by atoms with Crippen LogP contribution in [0.5, 0.6) is 0 Å². The Labute approximate surface area is 139 Å². The Morgan fingerprint density at radius 1 is 1.33 bits per heavy atom. The van der Waals surface area contributed by atoms with Crippen LogP contribution in [0.4, 0.5) is 5.95 Å². The zero-order valence-corrected chi connectivity index (χ0v) is 14.7. The van der Waals surface area contributed by atoms with E-state index in [-0.39, 0.29) is 11.1 Å². The molecule has 0 bridgehead atoms. The van der Waals surface area contributed by atoms with Crippen LogP contribution in [-0.2, 0) is 25.6 Å². The largest absolute Gasteiger partial charge is 0.351 e. The molecule has 8 heteroatoms. The van der Waals surface area contributed by atoms with Crippen LogP contribution in [-0.4, -0.2) is 29.5 Å². The molecule has 0 amide bonds. The molecule has 0 aliphatic rings. The molecule has 3 heterocycles. The van der Waals surface area contributed by atoms with E-state index >= 15 is 0 Å². The van der Waals surface area contributed by atoms with Gasteiger partial charge in [-0.15, -0.1) is 0 Å². The summed E-state index contributed by atoms with van der Waals surface area (Å²) in [6.45, 7) is 8.70. The first-order valence-electron chi connectivity index (χ1n) is 8.03. The van der Waals surface area contributed by atoms with E-state index in [0.29, 0.717) is 23.5 Å². The van der Waals surface area contributed by atoms with Crippen molar-refractivity contribution in [3.8, 4) is 0 Å². The van der Waals surface area contributed by atoms with Gasteiger partial charge in [0.15, 0.2) is 5.65 Å². The van der Waals surface area contributed by atoms with Crippen LogP contribution in [0.25, 0.3) is 11.0 Å². The smallest absolute Gasteiger partial charge is 0.263 e. The summed E-state index contributed by atoms with van der Waals surface area (Å²) in [7, 11) is 1.90. The monoisotopic (exact) mass is 329 g/mol. The van der Waals surface area contributed by atoms with Crippen LogP contribution in [0.3, 0.4) is 0 Å². The second-order valence-corrected chi connectivity index (χ2v) is 6.86. The molecule has 0 saturated heterocycles. The number of aromatic nitrogens is 6. The van der Waals surface area contributed by atoms with Crippen molar-refractivity contribution in [2.24, 2.45) is 7.05 Å². The molecule has 24 heavy (non-hydrogen) atoms. The molecule has 0 aliphatic heterocycles. The molecule has 8 nitrogen and oxygen atoms in total. The molecule has 0 atom stereocenters. The fourth-order valence-corrected chi connectivity index (χ4v) is 2.70. The number of aromatic amines is 1. The van der Waals surface area contributed by atoms with Crippen molar-refractivity contribution in [3.63, 3.8) is 0 Å². The molecule has 128 valence electrons. The van der Waals surface area contributed by atoms with Crippen molar-refractivity contribution in [1.82, 2.24) is 29.5 Å². The minimum atomic E-state index is -0.251. The zero-order valence-electron chi connectivity index (χ0n) is 14.7. The van der Waals surface area contributed by atoms with E-state index < -0.39 is 0 Å². The van der Waals surface area contributed by atoms with E-state index in [9.17, 15) is 4.79 Å². The number of rotatable bonds is 4. The van der Waals surface area contributed by atoms with Gasteiger partial charge in [-0.25, -0.2) is 4.68 Å². The minimum Gasteiger partial charge on any atom is -0.351 e. The summed E-state index contributed by atoms with van der Waals surface area (Å²) in [5.74, 6) is 0.435. The van der Waals surface area contributed by atoms with Crippen molar-refractivity contribution in [2.45, 2.75) is 46.2 Å². The fourth-order valence-electron chi connectivity index (χ4n) is 2.70. The lowest BCUT2D eigenvalue weighted by atomic mass is 10.1. The maximum Gasteiger partial charge on any atom is 0.263 e. The van der Waals surface area contributed by atoms with E-state index in [0.717, 1.165) is 17.7 Å². The summed E-state index contributed by atoms with van der Waals surface area (Å²) in [5.41, 5.74) is 2.26. The Morgan fingerprint density at radius 3 is 2.75 bits per heavy atom. The summed E-state index contributed by atoms with van der Waals surface area (Å²) in [4.78, 5) is 19.6. The highest BCUT2D eigenvalue weighted by atomic mass is 16.1. The summed E-state index contributed by atoms with van der Waals surface area (Å²) < 4.78 is 3.56. The topological polar surface area (TPSA) is 93.4 Å². The summed E-state index contributed by atoms with van der Waals surface area (Å²) in [5, 5.41) is 12.4. The minimum absolute atomic E-state index is 0.195. The van der Waals surface area contributed by atoms with Gasteiger partial charge in [-0.3, -0.25) is 14.5 Å². The van der Waals surface area contributed by atoms with Crippen LogP contribution in [0.1, 0.15) is 39.0 Å². The number of hydrogen-bond donors (Lipinski definition) is 2. The molecule has 0 fully saturated rings. The van der Waals surface area contributed by atoms with Gasteiger partial charge >= 0.3 is 0 Å². The maximum atomic E-state index is 12.3. The highest BCUT2D eigenvalue weighted by Crippen LogP contribution is 2.19. The van der Waals surface area contributed by atoms with E-state index in [1.54, 1.807) is 15.6 Å². The molecule has 3 aromatic heterocycles. The average molecular weight is 329 g/mol. The third kappa shape index (κ3) is 2.91. The van der Waals surface area contributed by atoms with Gasteiger partial charge in [0.25, 0.3) is 5.56 Å². The molecule has 0 unspecified atom stereocenters. The maximum absolute atomic E-state index is 12.3. The van der Waals surface area contributed by atoms with Gasteiger partial charge in [-0.1, -0.05) is 6.92 Å². The molecule has 0 saturated carbocycles. The summed E-state index contributed by atoms with van der Waals surface area (Å²) in [6, 6.07) is 0. The Hall–Kier alpha value is -2.64. The zero-order chi connectivity index (χ0) is 17.5. The Balaban J connectivity index is 1.94. The number of hydrogen-bond acceptors (Lipinski definition) is 5. The molecule has 0 aliphatic carbocycles. The molecular formula is C16H23N7O. The van der Waals surface area contributed by atoms with Crippen molar-refractivity contribution >= 4 is 17.0 Å². The first-order chi connectivity index (χ1) is 11.3. The van der Waals surface area contributed by atoms with Gasteiger partial charge in [0.05, 0.1) is 17.4 Å². The molecule has 3 aromatic rings. The van der Waals surface area contributed by atoms with E-state index in [4.69, 9.17) is 0 Å². The third-order valence-corrected chi connectivity index (χ3v) is 3.85. The number of nitrogens with one attached hydrogen (secondary N) is 2. The molecular weight excluding hydrogens is 306 g/mol. The summed E-state index contributed by atoms with van der Waals surface area (Å²) in [6.07, 6.45) is 4.39. The molecule has 0 spiro atoms. The van der Waals surface area contributed by atoms with Crippen molar-refractivity contribution in [3.05, 3.63) is 34.0 Å². The third-order valence-electron chi connectivity index (χ3n) is 3.85. The number of aryl methyl sites for hydroxylation is 2. The molecule has 3 rings (SSSR count). The van der Waals surface area contributed by atoms with Gasteiger partial charge in [0.2, 0.25) is 5.95 Å². The Morgan fingerprint density at radius 2 is 2.08 bits per heavy atom. The van der Waals surface area contributed by atoms with E-state index in [2.05, 4.69) is 32.4 Å². The SMILES string of the molecule is CCc1nn(C)cc1CNc1nc2c(cnn2C(C)(C)C)c(=O)[nH]1. The van der Waals surface area contributed by atoms with Crippen LogP contribution < -0.4 is 10.9 Å². The molecule has 0 radical (unpaired) electrons. The lowest BCUT2D eigenvalue weighted by Gasteiger charge is -2.19. The quantitative estimate of drug-likeness (QED) is 0.761. The number of nitrogens with zero attached hydrogens (tertiary/aromatic N) is 5. The number of anilines is 1. The Kier molecular flexibility index (Phi) is 3.90. The standard InChI is InChI=1S/C16H23N7O/c1-6-12-10(9-22(5)21-12)7-17-15-19-13-11(14(24)20-15)8-18-23(13)16(2,3)4/h8-9H,6-7H2,1-5H3,(H2,17,19,20,24). The van der Waals surface area contributed by atoms with Crippen LogP contribution in [0, 0.1) is 0 Å². The second-order valence-electron chi connectivity index (χ2n) is 6.86. The van der Waals surface area contributed by atoms with Crippen molar-refractivity contribution in [2.75, 3.05) is 5.32 Å². The fraction of sp³-hybridized carbons (Fsp3) is 0.500. The van der Waals surface area contributed by atoms with Gasteiger partial charge < -0.3 is 5.32 Å². The lowest BCUT2D eigenvalue weighted by Crippen LogP contribution is -2.24. The highest BCUT2D eigenvalue weighted by molar-refractivity contribution is 5.74. The van der Waals surface area contributed by atoms with Gasteiger partial charge in [0, 0.05) is 25.4 Å². The van der Waals surface area contributed by atoms with Crippen LogP contribution in [0.2, 0.25) is 0 Å². The van der Waals surface area contributed by atoms with Crippen molar-refractivity contribution < 1.29 is 0 Å². The normalized spacial score (nSPS) is 12.0. The van der Waals surface area contributed by atoms with E-state index in [1.165, 1.54) is 0 Å². The van der Waals surface area contributed by atoms with Gasteiger partial charge in [0.1, 0.15) is 5.39 Å². The average Bonchev–Trinajstić information content (AvgIpc) is 3.08. The predicted molar refractivity (Wildman–Crippen MR) is 93.1 cm³/mol. The highest BCUT2D eigenvalue weighted by Gasteiger charge is 2.20. The lowest BCUT2D eigenvalue weighted by molar-refractivity contribution is 0.366. The molecule has 2 N–H and O–H groups in total. The van der Waals surface area contributed by atoms with Gasteiger partial charge in [-0.05, 0) is 27.2 Å². The van der Waals surface area contributed by atoms with Crippen LogP contribution in [0.15, 0.2) is 17.2 Å².